The van der Waals surface area contributed by atoms with Crippen molar-refractivity contribution in [3.8, 4) is 0 Å². The first-order valence-corrected chi connectivity index (χ1v) is 7.78. The Balaban J connectivity index is 1.67. The Bertz CT molecular complexity index is 654. The van der Waals surface area contributed by atoms with Gasteiger partial charge in [0.2, 0.25) is 0 Å². The van der Waals surface area contributed by atoms with Crippen LogP contribution in [0.1, 0.15) is 12.8 Å². The number of anilines is 1. The summed E-state index contributed by atoms with van der Waals surface area (Å²) >= 11 is 0. The number of rotatable bonds is 1. The van der Waals surface area contributed by atoms with Crippen molar-refractivity contribution in [1.29, 1.82) is 0 Å². The van der Waals surface area contributed by atoms with Crippen LogP contribution in [0.5, 0.6) is 0 Å². The molecule has 2 atom stereocenters. The summed E-state index contributed by atoms with van der Waals surface area (Å²) < 4.78 is 0. The lowest BCUT2D eigenvalue weighted by atomic mass is 9.76. The number of hydrogen-bond donors (Lipinski definition) is 2. The molecule has 2 aliphatic rings. The first-order valence-electron chi connectivity index (χ1n) is 7.78. The van der Waals surface area contributed by atoms with Crippen LogP contribution in [0.3, 0.4) is 0 Å². The van der Waals surface area contributed by atoms with Gasteiger partial charge < -0.3 is 15.3 Å². The Morgan fingerprint density at radius 1 is 1.24 bits per heavy atom. The molecular weight excluding hydrogens is 262 g/mol. The second-order valence-electron chi connectivity index (χ2n) is 6.30. The zero-order chi connectivity index (χ0) is 14.3. The Hall–Kier alpha value is -1.65. The van der Waals surface area contributed by atoms with E-state index in [0.717, 1.165) is 44.5 Å². The van der Waals surface area contributed by atoms with E-state index >= 15 is 0 Å². The van der Waals surface area contributed by atoms with Crippen molar-refractivity contribution < 1.29 is 5.11 Å². The number of fused-ring (bicyclic) bond motifs is 2. The fourth-order valence-corrected chi connectivity index (χ4v) is 3.80. The van der Waals surface area contributed by atoms with Gasteiger partial charge in [-0.1, -0.05) is 18.2 Å². The molecule has 2 aromatic rings. The summed E-state index contributed by atoms with van der Waals surface area (Å²) in [5, 5.41) is 15.4. The van der Waals surface area contributed by atoms with Gasteiger partial charge in [0.05, 0.1) is 11.1 Å². The van der Waals surface area contributed by atoms with Crippen molar-refractivity contribution in [3.63, 3.8) is 0 Å². The maximum absolute atomic E-state index is 10.8. The molecule has 2 saturated heterocycles. The van der Waals surface area contributed by atoms with Crippen molar-refractivity contribution in [2.45, 2.75) is 18.4 Å². The molecule has 4 nitrogen and oxygen atoms in total. The summed E-state index contributed by atoms with van der Waals surface area (Å²) in [4.78, 5) is 6.86. The summed E-state index contributed by atoms with van der Waals surface area (Å²) in [6.45, 7) is 3.68. The van der Waals surface area contributed by atoms with Gasteiger partial charge in [-0.25, -0.2) is 0 Å². The molecule has 0 radical (unpaired) electrons. The van der Waals surface area contributed by atoms with E-state index in [2.05, 4.69) is 39.5 Å². The minimum absolute atomic E-state index is 0.312. The Morgan fingerprint density at radius 2 is 2.14 bits per heavy atom. The molecule has 0 spiro atoms. The fourth-order valence-electron chi connectivity index (χ4n) is 3.80. The van der Waals surface area contributed by atoms with Gasteiger partial charge >= 0.3 is 0 Å². The lowest BCUT2D eigenvalue weighted by molar-refractivity contribution is -0.0538. The second-order valence-corrected chi connectivity index (χ2v) is 6.30. The van der Waals surface area contributed by atoms with E-state index in [1.54, 1.807) is 0 Å². The molecule has 110 valence electrons. The molecule has 0 saturated carbocycles. The van der Waals surface area contributed by atoms with E-state index < -0.39 is 5.60 Å². The molecule has 1 aromatic heterocycles. The van der Waals surface area contributed by atoms with Crippen LogP contribution in [0.2, 0.25) is 0 Å². The monoisotopic (exact) mass is 283 g/mol. The number of hydrogen-bond acceptors (Lipinski definition) is 4. The number of aromatic nitrogens is 1. The lowest BCUT2D eigenvalue weighted by Crippen LogP contribution is -2.59. The third-order valence-corrected chi connectivity index (χ3v) is 5.11. The van der Waals surface area contributed by atoms with Crippen LogP contribution in [0, 0.1) is 5.92 Å². The van der Waals surface area contributed by atoms with Crippen molar-refractivity contribution >= 4 is 16.6 Å². The second kappa shape index (κ2) is 4.97. The molecule has 2 unspecified atom stereocenters. The molecule has 2 fully saturated rings. The quantitative estimate of drug-likeness (QED) is 0.837. The van der Waals surface area contributed by atoms with Crippen molar-refractivity contribution in [3.05, 3.63) is 36.5 Å². The van der Waals surface area contributed by atoms with Crippen LogP contribution in [-0.2, 0) is 0 Å². The molecule has 0 amide bonds. The predicted molar refractivity (Wildman–Crippen MR) is 84.5 cm³/mol. The van der Waals surface area contributed by atoms with Crippen LogP contribution >= 0.6 is 0 Å². The van der Waals surface area contributed by atoms with Gasteiger partial charge in [0.25, 0.3) is 0 Å². The van der Waals surface area contributed by atoms with Gasteiger partial charge in [-0.05, 0) is 31.5 Å². The summed E-state index contributed by atoms with van der Waals surface area (Å²) in [6.07, 6.45) is 3.62. The van der Waals surface area contributed by atoms with E-state index in [9.17, 15) is 5.11 Å². The molecule has 2 N–H and O–H groups in total. The number of benzene rings is 1. The summed E-state index contributed by atoms with van der Waals surface area (Å²) in [5.41, 5.74) is 1.82. The van der Waals surface area contributed by atoms with Crippen molar-refractivity contribution in [2.75, 3.05) is 31.1 Å². The summed E-state index contributed by atoms with van der Waals surface area (Å²) in [6, 6.07) is 10.4. The number of para-hydroxylation sites is 1. The van der Waals surface area contributed by atoms with Crippen LogP contribution in [0.4, 0.5) is 5.69 Å². The number of piperidine rings is 2. The van der Waals surface area contributed by atoms with Gasteiger partial charge in [-0.3, -0.25) is 4.98 Å². The molecule has 2 aliphatic heterocycles. The maximum atomic E-state index is 10.8. The van der Waals surface area contributed by atoms with Crippen LogP contribution in [0.25, 0.3) is 10.9 Å². The van der Waals surface area contributed by atoms with E-state index in [-0.39, 0.29) is 0 Å². The number of aliphatic hydroxyl groups is 1. The molecule has 21 heavy (non-hydrogen) atoms. The average molecular weight is 283 g/mol. The average Bonchev–Trinajstić information content (AvgIpc) is 2.53. The third kappa shape index (κ3) is 2.19. The molecule has 0 aliphatic carbocycles. The normalized spacial score (nSPS) is 29.4. The molecule has 4 heteroatoms. The Morgan fingerprint density at radius 3 is 3.10 bits per heavy atom. The zero-order valence-electron chi connectivity index (χ0n) is 12.1. The van der Waals surface area contributed by atoms with E-state index in [1.165, 1.54) is 11.1 Å². The lowest BCUT2D eigenvalue weighted by Gasteiger charge is -2.48. The van der Waals surface area contributed by atoms with Gasteiger partial charge in [-0.2, -0.15) is 0 Å². The van der Waals surface area contributed by atoms with Crippen LogP contribution < -0.4 is 10.2 Å². The molecule has 1 aromatic carbocycles. The molecular formula is C17H21N3O. The highest BCUT2D eigenvalue weighted by molar-refractivity contribution is 5.91. The van der Waals surface area contributed by atoms with Gasteiger partial charge in [-0.15, -0.1) is 0 Å². The molecule has 4 rings (SSSR count). The van der Waals surface area contributed by atoms with Gasteiger partial charge in [0, 0.05) is 42.8 Å². The Labute approximate surface area is 124 Å². The smallest absolute Gasteiger partial charge is 0.0733 e. The van der Waals surface area contributed by atoms with Crippen molar-refractivity contribution in [1.82, 2.24) is 10.3 Å². The largest absolute Gasteiger partial charge is 0.389 e. The third-order valence-electron chi connectivity index (χ3n) is 5.11. The highest BCUT2D eigenvalue weighted by Crippen LogP contribution is 2.36. The standard InChI is InChI=1S/C17H21N3O/c21-17-6-9-18-11-13(17)12-20(10-7-17)16-5-8-19-15-4-2-1-3-14(15)16/h1-5,8,13,18,21H,6-7,9-12H2. The molecule has 0 bridgehead atoms. The fraction of sp³-hybridized carbons (Fsp3) is 0.471. The van der Waals surface area contributed by atoms with E-state index in [4.69, 9.17) is 0 Å². The summed E-state index contributed by atoms with van der Waals surface area (Å²) in [7, 11) is 0. The maximum Gasteiger partial charge on any atom is 0.0733 e. The zero-order valence-corrected chi connectivity index (χ0v) is 12.1. The van der Waals surface area contributed by atoms with Crippen LogP contribution in [0.15, 0.2) is 36.5 Å². The molecule has 3 heterocycles. The topological polar surface area (TPSA) is 48.4 Å². The predicted octanol–water partition coefficient (Wildman–Crippen LogP) is 1.79. The van der Waals surface area contributed by atoms with Crippen LogP contribution in [-0.4, -0.2) is 41.9 Å². The van der Waals surface area contributed by atoms with Gasteiger partial charge in [0.1, 0.15) is 0 Å². The SMILES string of the molecule is OC12CCNCC1CN(c1ccnc3ccccc13)CC2. The summed E-state index contributed by atoms with van der Waals surface area (Å²) in [5.74, 6) is 0.312. The Kier molecular flexibility index (Phi) is 3.08. The highest BCUT2D eigenvalue weighted by Gasteiger charge is 2.43. The van der Waals surface area contributed by atoms with E-state index in [1.807, 2.05) is 12.3 Å². The minimum Gasteiger partial charge on any atom is -0.389 e. The minimum atomic E-state index is -0.468. The highest BCUT2D eigenvalue weighted by atomic mass is 16.3. The number of nitrogens with zero attached hydrogens (tertiary/aromatic N) is 2. The van der Waals surface area contributed by atoms with Crippen molar-refractivity contribution in [2.24, 2.45) is 5.92 Å². The van der Waals surface area contributed by atoms with Gasteiger partial charge in [0.15, 0.2) is 0 Å². The first kappa shape index (κ1) is 13.0. The number of pyridine rings is 1. The number of nitrogens with one attached hydrogen (secondary N) is 1. The van der Waals surface area contributed by atoms with E-state index in [0.29, 0.717) is 5.92 Å². The first-order chi connectivity index (χ1) is 10.3.